The minimum absolute atomic E-state index is 0.109. The van der Waals surface area contributed by atoms with Crippen LogP contribution in [-0.4, -0.2) is 49.7 Å². The molecule has 16 heavy (non-hydrogen) atoms. The highest BCUT2D eigenvalue weighted by atomic mass is 16.5. The van der Waals surface area contributed by atoms with Crippen LogP contribution in [-0.2, 0) is 9.53 Å². The molecular weight excluding hydrogens is 204 g/mol. The van der Waals surface area contributed by atoms with E-state index in [0.29, 0.717) is 12.6 Å². The first-order valence-electron chi connectivity index (χ1n) is 6.26. The molecular formula is C12H24N2O2. The third kappa shape index (κ3) is 3.76. The number of nitrogens with zero attached hydrogens (tertiary/aromatic N) is 1. The van der Waals surface area contributed by atoms with Gasteiger partial charge in [-0.25, -0.2) is 0 Å². The second-order valence-electron chi connectivity index (χ2n) is 4.43. The van der Waals surface area contributed by atoms with Gasteiger partial charge in [-0.05, 0) is 53.2 Å². The van der Waals surface area contributed by atoms with Crippen LogP contribution in [0.4, 0.5) is 0 Å². The highest BCUT2D eigenvalue weighted by Crippen LogP contribution is 2.15. The quantitative estimate of drug-likeness (QED) is 0.729. The van der Waals surface area contributed by atoms with E-state index in [-0.39, 0.29) is 12.0 Å². The number of hydrogen-bond acceptors (Lipinski definition) is 4. The van der Waals surface area contributed by atoms with Gasteiger partial charge in [0, 0.05) is 6.04 Å². The highest BCUT2D eigenvalue weighted by molar-refractivity contribution is 5.75. The smallest absolute Gasteiger partial charge is 0.323 e. The van der Waals surface area contributed by atoms with E-state index in [9.17, 15) is 4.79 Å². The minimum Gasteiger partial charge on any atom is -0.465 e. The SMILES string of the molecule is CCOC(=O)C(C)N(C)C1CCCNCC1. The maximum atomic E-state index is 11.6. The zero-order valence-corrected chi connectivity index (χ0v) is 10.7. The summed E-state index contributed by atoms with van der Waals surface area (Å²) in [5.74, 6) is -0.109. The zero-order valence-electron chi connectivity index (χ0n) is 10.7. The second-order valence-corrected chi connectivity index (χ2v) is 4.43. The van der Waals surface area contributed by atoms with Crippen LogP contribution < -0.4 is 5.32 Å². The lowest BCUT2D eigenvalue weighted by atomic mass is 10.1. The molecule has 0 radical (unpaired) electrons. The Morgan fingerprint density at radius 3 is 2.94 bits per heavy atom. The lowest BCUT2D eigenvalue weighted by Crippen LogP contribution is -2.44. The molecule has 0 bridgehead atoms. The van der Waals surface area contributed by atoms with Gasteiger partial charge in [0.15, 0.2) is 0 Å². The molecule has 0 aromatic carbocycles. The van der Waals surface area contributed by atoms with Crippen LogP contribution in [0.25, 0.3) is 0 Å². The summed E-state index contributed by atoms with van der Waals surface area (Å²) in [6, 6.07) is 0.359. The van der Waals surface area contributed by atoms with Crippen LogP contribution in [0.1, 0.15) is 33.1 Å². The highest BCUT2D eigenvalue weighted by Gasteiger charge is 2.26. The largest absolute Gasteiger partial charge is 0.465 e. The Labute approximate surface area is 98.3 Å². The number of carbonyl (C=O) groups is 1. The van der Waals surface area contributed by atoms with Gasteiger partial charge >= 0.3 is 5.97 Å². The van der Waals surface area contributed by atoms with E-state index in [1.54, 1.807) is 0 Å². The van der Waals surface area contributed by atoms with Crippen LogP contribution in [0, 0.1) is 0 Å². The Kier molecular flexibility index (Phi) is 5.77. The zero-order chi connectivity index (χ0) is 12.0. The van der Waals surface area contributed by atoms with Gasteiger partial charge in [-0.3, -0.25) is 9.69 Å². The summed E-state index contributed by atoms with van der Waals surface area (Å²) in [5.41, 5.74) is 0. The van der Waals surface area contributed by atoms with E-state index in [0.717, 1.165) is 25.9 Å². The van der Waals surface area contributed by atoms with Crippen LogP contribution >= 0.6 is 0 Å². The Bertz CT molecular complexity index is 213. The summed E-state index contributed by atoms with van der Waals surface area (Å²) in [7, 11) is 2.03. The molecule has 1 aliphatic rings. The van der Waals surface area contributed by atoms with Crippen molar-refractivity contribution in [3.05, 3.63) is 0 Å². The van der Waals surface area contributed by atoms with Gasteiger partial charge < -0.3 is 10.1 Å². The number of likely N-dealkylation sites (N-methyl/N-ethyl adjacent to an activating group) is 1. The molecule has 1 N–H and O–H groups in total. The maximum absolute atomic E-state index is 11.6. The average molecular weight is 228 g/mol. The summed E-state index contributed by atoms with van der Waals surface area (Å²) in [4.78, 5) is 13.8. The van der Waals surface area contributed by atoms with Crippen molar-refractivity contribution < 1.29 is 9.53 Å². The molecule has 1 aliphatic heterocycles. The molecule has 2 unspecified atom stereocenters. The molecule has 2 atom stereocenters. The molecule has 0 amide bonds. The fraction of sp³-hybridized carbons (Fsp3) is 0.917. The third-order valence-corrected chi connectivity index (χ3v) is 3.36. The molecule has 1 rings (SSSR count). The van der Waals surface area contributed by atoms with Crippen molar-refractivity contribution >= 4 is 5.97 Å². The lowest BCUT2D eigenvalue weighted by molar-refractivity contribution is -0.149. The molecule has 0 aromatic rings. The number of rotatable bonds is 4. The number of hydrogen-bond donors (Lipinski definition) is 1. The number of esters is 1. The van der Waals surface area contributed by atoms with Crippen molar-refractivity contribution in [1.29, 1.82) is 0 Å². The standard InChI is InChI=1S/C12H24N2O2/c1-4-16-12(15)10(2)14(3)11-6-5-8-13-9-7-11/h10-11,13H,4-9H2,1-3H3. The van der Waals surface area contributed by atoms with Crippen molar-refractivity contribution in [2.75, 3.05) is 26.7 Å². The van der Waals surface area contributed by atoms with Gasteiger partial charge in [0.2, 0.25) is 0 Å². The first-order valence-corrected chi connectivity index (χ1v) is 6.26. The van der Waals surface area contributed by atoms with Gasteiger partial charge in [0.05, 0.1) is 6.61 Å². The molecule has 94 valence electrons. The van der Waals surface area contributed by atoms with Crippen molar-refractivity contribution in [2.45, 2.75) is 45.2 Å². The normalized spacial score (nSPS) is 23.9. The first kappa shape index (κ1) is 13.5. The van der Waals surface area contributed by atoms with Crippen LogP contribution in [0.3, 0.4) is 0 Å². The average Bonchev–Trinajstić information content (AvgIpc) is 2.56. The summed E-state index contributed by atoms with van der Waals surface area (Å²) >= 11 is 0. The van der Waals surface area contributed by atoms with Gasteiger partial charge in [-0.1, -0.05) is 0 Å². The van der Waals surface area contributed by atoms with Crippen molar-refractivity contribution in [3.63, 3.8) is 0 Å². The maximum Gasteiger partial charge on any atom is 0.323 e. The van der Waals surface area contributed by atoms with Crippen LogP contribution in [0.5, 0.6) is 0 Å². The molecule has 0 aromatic heterocycles. The Hall–Kier alpha value is -0.610. The van der Waals surface area contributed by atoms with Crippen LogP contribution in [0.15, 0.2) is 0 Å². The number of ether oxygens (including phenoxy) is 1. The second kappa shape index (κ2) is 6.86. The molecule has 4 heteroatoms. The third-order valence-electron chi connectivity index (χ3n) is 3.36. The molecule has 1 saturated heterocycles. The topological polar surface area (TPSA) is 41.6 Å². The molecule has 0 aliphatic carbocycles. The molecule has 1 fully saturated rings. The summed E-state index contributed by atoms with van der Waals surface area (Å²) in [5, 5.41) is 3.38. The van der Waals surface area contributed by atoms with Gasteiger partial charge in [0.25, 0.3) is 0 Å². The molecule has 4 nitrogen and oxygen atoms in total. The lowest BCUT2D eigenvalue weighted by Gasteiger charge is -2.31. The van der Waals surface area contributed by atoms with E-state index in [1.807, 2.05) is 20.9 Å². The Morgan fingerprint density at radius 1 is 1.50 bits per heavy atom. The minimum atomic E-state index is -0.136. The van der Waals surface area contributed by atoms with Crippen molar-refractivity contribution in [2.24, 2.45) is 0 Å². The molecule has 0 spiro atoms. The van der Waals surface area contributed by atoms with E-state index in [1.165, 1.54) is 6.42 Å². The fourth-order valence-corrected chi connectivity index (χ4v) is 2.15. The van der Waals surface area contributed by atoms with Crippen LogP contribution in [0.2, 0.25) is 0 Å². The fourth-order valence-electron chi connectivity index (χ4n) is 2.15. The van der Waals surface area contributed by atoms with E-state index in [4.69, 9.17) is 4.74 Å². The van der Waals surface area contributed by atoms with Crippen molar-refractivity contribution in [1.82, 2.24) is 10.2 Å². The first-order chi connectivity index (χ1) is 7.66. The Balaban J connectivity index is 2.47. The van der Waals surface area contributed by atoms with E-state index in [2.05, 4.69) is 10.2 Å². The summed E-state index contributed by atoms with van der Waals surface area (Å²) in [6.07, 6.45) is 3.46. The predicted molar refractivity (Wildman–Crippen MR) is 64.4 cm³/mol. The number of carbonyl (C=O) groups excluding carboxylic acids is 1. The molecule has 0 saturated carbocycles. The summed E-state index contributed by atoms with van der Waals surface area (Å²) < 4.78 is 5.05. The van der Waals surface area contributed by atoms with Gasteiger partial charge in [-0.2, -0.15) is 0 Å². The predicted octanol–water partition coefficient (Wildman–Crippen LogP) is 1.01. The summed E-state index contributed by atoms with van der Waals surface area (Å²) in [6.45, 7) is 6.38. The monoisotopic (exact) mass is 228 g/mol. The van der Waals surface area contributed by atoms with E-state index >= 15 is 0 Å². The van der Waals surface area contributed by atoms with Crippen molar-refractivity contribution in [3.8, 4) is 0 Å². The van der Waals surface area contributed by atoms with Gasteiger partial charge in [0.1, 0.15) is 6.04 Å². The Morgan fingerprint density at radius 2 is 2.25 bits per heavy atom. The molecule has 1 heterocycles. The van der Waals surface area contributed by atoms with Gasteiger partial charge in [-0.15, -0.1) is 0 Å². The number of nitrogens with one attached hydrogen (secondary N) is 1. The van der Waals surface area contributed by atoms with E-state index < -0.39 is 0 Å².